The van der Waals surface area contributed by atoms with Gasteiger partial charge < -0.3 is 16.0 Å². The molecule has 134 valence electrons. The second-order valence-electron chi connectivity index (χ2n) is 6.17. The number of carbonyl (C=O) groups excluding carboxylic acids is 3. The van der Waals surface area contributed by atoms with E-state index in [1.165, 1.54) is 6.92 Å². The van der Waals surface area contributed by atoms with Gasteiger partial charge in [-0.1, -0.05) is 11.6 Å². The van der Waals surface area contributed by atoms with Crippen LogP contribution in [-0.2, 0) is 9.59 Å². The summed E-state index contributed by atoms with van der Waals surface area (Å²) in [5, 5.41) is 8.54. The van der Waals surface area contributed by atoms with Crippen LogP contribution in [0.5, 0.6) is 0 Å². The lowest BCUT2D eigenvalue weighted by Crippen LogP contribution is -2.15. The maximum absolute atomic E-state index is 12.4. The summed E-state index contributed by atoms with van der Waals surface area (Å²) in [4.78, 5) is 35.3. The molecule has 26 heavy (non-hydrogen) atoms. The Kier molecular flexibility index (Phi) is 5.23. The number of benzene rings is 2. The van der Waals surface area contributed by atoms with Crippen LogP contribution in [0.2, 0.25) is 5.02 Å². The van der Waals surface area contributed by atoms with Crippen molar-refractivity contribution in [2.75, 3.05) is 16.0 Å². The molecule has 1 aliphatic rings. The van der Waals surface area contributed by atoms with Gasteiger partial charge in [-0.3, -0.25) is 14.4 Å². The summed E-state index contributed by atoms with van der Waals surface area (Å²) in [5.41, 5.74) is 2.02. The van der Waals surface area contributed by atoms with E-state index in [9.17, 15) is 14.4 Å². The summed E-state index contributed by atoms with van der Waals surface area (Å²) in [6.07, 6.45) is 1.87. The molecule has 3 rings (SSSR count). The molecule has 0 unspecified atom stereocenters. The van der Waals surface area contributed by atoms with Gasteiger partial charge in [-0.25, -0.2) is 0 Å². The Morgan fingerprint density at radius 1 is 0.923 bits per heavy atom. The topological polar surface area (TPSA) is 87.3 Å². The van der Waals surface area contributed by atoms with E-state index in [1.54, 1.807) is 42.5 Å². The summed E-state index contributed by atoms with van der Waals surface area (Å²) in [6.45, 7) is 1.40. The van der Waals surface area contributed by atoms with Crippen molar-refractivity contribution in [2.45, 2.75) is 19.8 Å². The zero-order valence-corrected chi connectivity index (χ0v) is 14.9. The Labute approximate surface area is 155 Å². The van der Waals surface area contributed by atoms with Crippen LogP contribution >= 0.6 is 11.6 Å². The molecule has 3 amide bonds. The Morgan fingerprint density at radius 2 is 1.58 bits per heavy atom. The number of amides is 3. The van der Waals surface area contributed by atoms with E-state index in [0.29, 0.717) is 27.6 Å². The number of rotatable bonds is 5. The van der Waals surface area contributed by atoms with Crippen LogP contribution in [0, 0.1) is 5.92 Å². The Morgan fingerprint density at radius 3 is 2.19 bits per heavy atom. The molecule has 0 aliphatic heterocycles. The molecule has 0 saturated heterocycles. The van der Waals surface area contributed by atoms with Gasteiger partial charge in [0.05, 0.1) is 10.7 Å². The third-order valence-electron chi connectivity index (χ3n) is 3.90. The lowest BCUT2D eigenvalue weighted by molar-refractivity contribution is -0.117. The summed E-state index contributed by atoms with van der Waals surface area (Å²) in [7, 11) is 0. The molecule has 0 radical (unpaired) electrons. The summed E-state index contributed by atoms with van der Waals surface area (Å²) in [6, 6.07) is 11.5. The molecule has 2 aromatic carbocycles. The third kappa shape index (κ3) is 4.61. The fourth-order valence-corrected chi connectivity index (χ4v) is 2.56. The summed E-state index contributed by atoms with van der Waals surface area (Å²) >= 11 is 6.11. The maximum atomic E-state index is 12.4. The van der Waals surface area contributed by atoms with Crippen LogP contribution in [0.15, 0.2) is 42.5 Å². The fraction of sp³-hybridized carbons (Fsp3) is 0.211. The second kappa shape index (κ2) is 7.58. The van der Waals surface area contributed by atoms with Gasteiger partial charge in [0.15, 0.2) is 0 Å². The SMILES string of the molecule is CC(=O)Nc1ccc(Cl)c(NC(=O)c2ccc(NC(=O)C3CC3)cc2)c1. The number of carbonyl (C=O) groups is 3. The van der Waals surface area contributed by atoms with Gasteiger partial charge in [0, 0.05) is 29.8 Å². The number of anilines is 3. The molecule has 7 heteroatoms. The average molecular weight is 372 g/mol. The molecule has 2 aromatic rings. The van der Waals surface area contributed by atoms with Gasteiger partial charge in [-0.2, -0.15) is 0 Å². The molecular formula is C19H18ClN3O3. The van der Waals surface area contributed by atoms with Gasteiger partial charge >= 0.3 is 0 Å². The lowest BCUT2D eigenvalue weighted by atomic mass is 10.1. The lowest BCUT2D eigenvalue weighted by Gasteiger charge is -2.10. The number of nitrogens with one attached hydrogen (secondary N) is 3. The van der Waals surface area contributed by atoms with E-state index in [4.69, 9.17) is 11.6 Å². The molecular weight excluding hydrogens is 354 g/mol. The van der Waals surface area contributed by atoms with Crippen LogP contribution < -0.4 is 16.0 Å². The minimum Gasteiger partial charge on any atom is -0.326 e. The van der Waals surface area contributed by atoms with Crippen LogP contribution in [0.25, 0.3) is 0 Å². The van der Waals surface area contributed by atoms with E-state index >= 15 is 0 Å². The fourth-order valence-electron chi connectivity index (χ4n) is 2.39. The summed E-state index contributed by atoms with van der Waals surface area (Å²) < 4.78 is 0. The first kappa shape index (κ1) is 17.9. The van der Waals surface area contributed by atoms with E-state index in [-0.39, 0.29) is 23.6 Å². The zero-order valence-electron chi connectivity index (χ0n) is 14.1. The van der Waals surface area contributed by atoms with Gasteiger partial charge in [-0.15, -0.1) is 0 Å². The number of hydrogen-bond acceptors (Lipinski definition) is 3. The molecule has 1 saturated carbocycles. The predicted molar refractivity (Wildman–Crippen MR) is 102 cm³/mol. The van der Waals surface area contributed by atoms with Crippen molar-refractivity contribution in [3.63, 3.8) is 0 Å². The minimum absolute atomic E-state index is 0.0174. The van der Waals surface area contributed by atoms with Crippen LogP contribution in [-0.4, -0.2) is 17.7 Å². The van der Waals surface area contributed by atoms with Crippen molar-refractivity contribution in [1.82, 2.24) is 0 Å². The first-order valence-corrected chi connectivity index (χ1v) is 8.59. The number of hydrogen-bond donors (Lipinski definition) is 3. The van der Waals surface area contributed by atoms with E-state index in [2.05, 4.69) is 16.0 Å². The molecule has 1 fully saturated rings. The molecule has 6 nitrogen and oxygen atoms in total. The molecule has 0 spiro atoms. The van der Waals surface area contributed by atoms with Crippen LogP contribution in [0.4, 0.5) is 17.1 Å². The van der Waals surface area contributed by atoms with Crippen LogP contribution in [0.1, 0.15) is 30.1 Å². The highest BCUT2D eigenvalue weighted by Crippen LogP contribution is 2.30. The second-order valence-corrected chi connectivity index (χ2v) is 6.58. The van der Waals surface area contributed by atoms with Crippen molar-refractivity contribution in [3.8, 4) is 0 Å². The van der Waals surface area contributed by atoms with Gasteiger partial charge in [0.2, 0.25) is 11.8 Å². The largest absolute Gasteiger partial charge is 0.326 e. The smallest absolute Gasteiger partial charge is 0.255 e. The average Bonchev–Trinajstić information content (AvgIpc) is 3.43. The predicted octanol–water partition coefficient (Wildman–Crippen LogP) is 3.90. The first-order chi connectivity index (χ1) is 12.4. The van der Waals surface area contributed by atoms with E-state index in [1.807, 2.05) is 0 Å². The Hall–Kier alpha value is -2.86. The molecule has 3 N–H and O–H groups in total. The molecule has 1 aliphatic carbocycles. The number of halogens is 1. The molecule has 0 aromatic heterocycles. The quantitative estimate of drug-likeness (QED) is 0.744. The standard InChI is InChI=1S/C19H18ClN3O3/c1-11(24)21-15-8-9-16(20)17(10-15)23-19(26)13-4-6-14(7-5-13)22-18(25)12-2-3-12/h4-10,12H,2-3H2,1H3,(H,21,24)(H,22,25)(H,23,26). The monoisotopic (exact) mass is 371 g/mol. The zero-order chi connectivity index (χ0) is 18.7. The van der Waals surface area contributed by atoms with Crippen LogP contribution in [0.3, 0.4) is 0 Å². The highest BCUT2D eigenvalue weighted by atomic mass is 35.5. The van der Waals surface area contributed by atoms with E-state index < -0.39 is 0 Å². The molecule has 0 bridgehead atoms. The van der Waals surface area contributed by atoms with Crippen molar-refractivity contribution in [2.24, 2.45) is 5.92 Å². The highest BCUT2D eigenvalue weighted by Gasteiger charge is 2.29. The van der Waals surface area contributed by atoms with Crippen molar-refractivity contribution in [3.05, 3.63) is 53.1 Å². The van der Waals surface area contributed by atoms with Gasteiger partial charge in [0.1, 0.15) is 0 Å². The van der Waals surface area contributed by atoms with Crippen molar-refractivity contribution >= 4 is 46.4 Å². The summed E-state index contributed by atoms with van der Waals surface area (Å²) in [5.74, 6) is -0.417. The Bertz CT molecular complexity index is 861. The first-order valence-electron chi connectivity index (χ1n) is 8.22. The Balaban J connectivity index is 1.67. The van der Waals surface area contributed by atoms with Gasteiger partial charge in [0.25, 0.3) is 5.91 Å². The normalized spacial score (nSPS) is 13.0. The maximum Gasteiger partial charge on any atom is 0.255 e. The third-order valence-corrected chi connectivity index (χ3v) is 4.23. The van der Waals surface area contributed by atoms with Crippen molar-refractivity contribution in [1.29, 1.82) is 0 Å². The minimum atomic E-state index is -0.341. The molecule has 0 atom stereocenters. The highest BCUT2D eigenvalue weighted by molar-refractivity contribution is 6.34. The molecule has 0 heterocycles. The van der Waals surface area contributed by atoms with E-state index in [0.717, 1.165) is 12.8 Å². The van der Waals surface area contributed by atoms with Crippen molar-refractivity contribution < 1.29 is 14.4 Å². The van der Waals surface area contributed by atoms with Gasteiger partial charge in [-0.05, 0) is 55.3 Å².